The number of ether oxygens (including phenoxy) is 3. The molecule has 3 aromatic rings. The molecule has 0 fully saturated rings. The summed E-state index contributed by atoms with van der Waals surface area (Å²) in [7, 11) is 3.17. The number of rotatable bonds is 7. The van der Waals surface area contributed by atoms with Crippen LogP contribution in [-0.4, -0.2) is 43.3 Å². The highest BCUT2D eigenvalue weighted by Gasteiger charge is 2.31. The van der Waals surface area contributed by atoms with Gasteiger partial charge in [-0.15, -0.1) is 4.68 Å². The van der Waals surface area contributed by atoms with Crippen LogP contribution in [0.4, 0.5) is 20.7 Å². The van der Waals surface area contributed by atoms with Crippen LogP contribution in [0.1, 0.15) is 23.6 Å². The molecule has 1 heterocycles. The van der Waals surface area contributed by atoms with Crippen molar-refractivity contribution in [3.63, 3.8) is 0 Å². The highest BCUT2D eigenvalue weighted by atomic mass is 19.1. The Hall–Kier alpha value is -3.39. The van der Waals surface area contributed by atoms with Crippen molar-refractivity contribution in [3.8, 4) is 17.0 Å². The van der Waals surface area contributed by atoms with Crippen LogP contribution in [0.15, 0.2) is 36.4 Å². The molecule has 1 aliphatic carbocycles. The number of anilines is 2. The summed E-state index contributed by atoms with van der Waals surface area (Å²) in [5.41, 5.74) is 5.17. The third kappa shape index (κ3) is 3.98. The van der Waals surface area contributed by atoms with E-state index in [4.69, 9.17) is 14.2 Å². The van der Waals surface area contributed by atoms with Gasteiger partial charge in [-0.05, 0) is 41.8 Å². The van der Waals surface area contributed by atoms with Gasteiger partial charge in [0.25, 0.3) is 0 Å². The molecule has 0 atom stereocenters. The van der Waals surface area contributed by atoms with Gasteiger partial charge >= 0.3 is 6.09 Å². The van der Waals surface area contributed by atoms with Crippen LogP contribution in [0.3, 0.4) is 0 Å². The fourth-order valence-electron chi connectivity index (χ4n) is 3.77. The van der Waals surface area contributed by atoms with Crippen molar-refractivity contribution >= 4 is 17.6 Å². The number of methoxy groups -OCH3 is 2. The number of benzene rings is 2. The van der Waals surface area contributed by atoms with Crippen molar-refractivity contribution < 1.29 is 23.4 Å². The Labute approximate surface area is 179 Å². The predicted octanol–water partition coefficient (Wildman–Crippen LogP) is 4.54. The summed E-state index contributed by atoms with van der Waals surface area (Å²) in [4.78, 5) is 12.7. The molecule has 7 nitrogen and oxygen atoms in total. The Morgan fingerprint density at radius 1 is 1.23 bits per heavy atom. The van der Waals surface area contributed by atoms with Gasteiger partial charge in [0.05, 0.1) is 19.4 Å². The molecule has 0 bridgehead atoms. The number of carbonyl (C=O) groups is 1. The minimum Gasteiger partial charge on any atom is -0.496 e. The van der Waals surface area contributed by atoms with Gasteiger partial charge in [-0.1, -0.05) is 19.1 Å². The first-order valence-corrected chi connectivity index (χ1v) is 10.1. The normalized spacial score (nSPS) is 11.7. The Balaban J connectivity index is 1.77. The van der Waals surface area contributed by atoms with Crippen molar-refractivity contribution in [1.82, 2.24) is 9.78 Å². The van der Waals surface area contributed by atoms with E-state index in [9.17, 15) is 9.18 Å². The van der Waals surface area contributed by atoms with E-state index < -0.39 is 6.09 Å². The Bertz CT molecular complexity index is 1130. The molecular formula is C23H24FN3O4. The van der Waals surface area contributed by atoms with Crippen LogP contribution >= 0.6 is 0 Å². The second-order valence-corrected chi connectivity index (χ2v) is 7.18. The zero-order chi connectivity index (χ0) is 22.0. The van der Waals surface area contributed by atoms with Crippen LogP contribution in [0, 0.1) is 5.82 Å². The smallest absolute Gasteiger partial charge is 0.436 e. The molecule has 4 rings (SSSR count). The third-order valence-corrected chi connectivity index (χ3v) is 5.27. The molecule has 31 heavy (non-hydrogen) atoms. The predicted molar refractivity (Wildman–Crippen MR) is 115 cm³/mol. The van der Waals surface area contributed by atoms with Crippen molar-refractivity contribution in [2.24, 2.45) is 0 Å². The summed E-state index contributed by atoms with van der Waals surface area (Å²) in [5, 5.41) is 7.70. The molecule has 1 aliphatic rings. The number of nitrogens with zero attached hydrogens (tertiary/aromatic N) is 2. The van der Waals surface area contributed by atoms with E-state index in [1.807, 2.05) is 6.07 Å². The van der Waals surface area contributed by atoms with Gasteiger partial charge in [0.15, 0.2) is 0 Å². The Kier molecular flexibility index (Phi) is 5.90. The fraction of sp³-hybridized carbons (Fsp3) is 0.304. The van der Waals surface area contributed by atoms with Gasteiger partial charge in [-0.2, -0.15) is 5.10 Å². The topological polar surface area (TPSA) is 74.6 Å². The van der Waals surface area contributed by atoms with Gasteiger partial charge in [0.1, 0.15) is 24.0 Å². The zero-order valence-corrected chi connectivity index (χ0v) is 17.7. The molecular weight excluding hydrogens is 401 g/mol. The highest BCUT2D eigenvalue weighted by molar-refractivity contribution is 5.86. The Morgan fingerprint density at radius 2 is 2.06 bits per heavy atom. The lowest BCUT2D eigenvalue weighted by Gasteiger charge is -2.12. The van der Waals surface area contributed by atoms with E-state index in [0.29, 0.717) is 23.6 Å². The molecule has 162 valence electrons. The standard InChI is InChI=1S/C23H24FN3O4/c1-4-14-10-15-11-19-21(18(15)13-20(14)30-3)26-27(23(28)31-9-8-29-2)22(19)25-17-7-5-6-16(24)12-17/h5-7,10,12-13,25H,4,8-9,11H2,1-3H3. The summed E-state index contributed by atoms with van der Waals surface area (Å²) in [6, 6.07) is 10.1. The zero-order valence-electron chi connectivity index (χ0n) is 17.7. The largest absolute Gasteiger partial charge is 0.496 e. The van der Waals surface area contributed by atoms with E-state index in [-0.39, 0.29) is 19.0 Å². The first-order chi connectivity index (χ1) is 15.0. The van der Waals surface area contributed by atoms with E-state index in [1.165, 1.54) is 23.9 Å². The number of aromatic nitrogens is 2. The maximum Gasteiger partial charge on any atom is 0.436 e. The lowest BCUT2D eigenvalue weighted by Crippen LogP contribution is -2.19. The molecule has 0 amide bonds. The number of nitrogens with one attached hydrogen (secondary N) is 1. The van der Waals surface area contributed by atoms with Crippen LogP contribution in [-0.2, 0) is 22.3 Å². The van der Waals surface area contributed by atoms with Gasteiger partial charge in [0.2, 0.25) is 0 Å². The van der Waals surface area contributed by atoms with Crippen molar-refractivity contribution in [2.75, 3.05) is 32.8 Å². The molecule has 0 spiro atoms. The first kappa shape index (κ1) is 20.9. The average Bonchev–Trinajstić information content (AvgIpc) is 3.29. The number of hydrogen-bond donors (Lipinski definition) is 1. The number of aryl methyl sites for hydroxylation is 1. The van der Waals surface area contributed by atoms with Gasteiger partial charge in [-0.25, -0.2) is 9.18 Å². The van der Waals surface area contributed by atoms with Gasteiger partial charge < -0.3 is 19.5 Å². The summed E-state index contributed by atoms with van der Waals surface area (Å²) in [5.74, 6) is 0.859. The lowest BCUT2D eigenvalue weighted by atomic mass is 10.0. The SMILES string of the molecule is CCc1cc2c(cc1OC)-c1nn(C(=O)OCCOC)c(Nc3cccc(F)c3)c1C2. The van der Waals surface area contributed by atoms with Crippen molar-refractivity contribution in [1.29, 1.82) is 0 Å². The maximum atomic E-state index is 13.7. The summed E-state index contributed by atoms with van der Waals surface area (Å²) < 4.78 is 30.7. The number of hydrogen-bond acceptors (Lipinski definition) is 6. The molecule has 0 saturated heterocycles. The maximum absolute atomic E-state index is 13.7. The number of carbonyl (C=O) groups excluding carboxylic acids is 1. The monoisotopic (exact) mass is 425 g/mol. The molecule has 0 aliphatic heterocycles. The van der Waals surface area contributed by atoms with E-state index in [0.717, 1.165) is 34.4 Å². The quantitative estimate of drug-likeness (QED) is 0.438. The molecule has 8 heteroatoms. The summed E-state index contributed by atoms with van der Waals surface area (Å²) >= 11 is 0. The van der Waals surface area contributed by atoms with E-state index >= 15 is 0 Å². The molecule has 0 saturated carbocycles. The van der Waals surface area contributed by atoms with E-state index in [2.05, 4.69) is 23.4 Å². The minimum atomic E-state index is -0.635. The van der Waals surface area contributed by atoms with Gasteiger partial charge in [0, 0.05) is 30.3 Å². The molecule has 2 aromatic carbocycles. The second-order valence-electron chi connectivity index (χ2n) is 7.18. The summed E-state index contributed by atoms with van der Waals surface area (Å²) in [6.07, 6.45) is 0.794. The average molecular weight is 425 g/mol. The highest BCUT2D eigenvalue weighted by Crippen LogP contribution is 2.43. The molecule has 1 N–H and O–H groups in total. The van der Waals surface area contributed by atoms with Crippen molar-refractivity contribution in [3.05, 3.63) is 58.9 Å². The lowest BCUT2D eigenvalue weighted by molar-refractivity contribution is 0.0979. The number of halogens is 1. The number of fused-ring (bicyclic) bond motifs is 3. The van der Waals surface area contributed by atoms with Crippen LogP contribution < -0.4 is 10.1 Å². The third-order valence-electron chi connectivity index (χ3n) is 5.27. The summed E-state index contributed by atoms with van der Waals surface area (Å²) in [6.45, 7) is 2.45. The van der Waals surface area contributed by atoms with Crippen LogP contribution in [0.5, 0.6) is 5.75 Å². The first-order valence-electron chi connectivity index (χ1n) is 10.1. The Morgan fingerprint density at radius 3 is 2.77 bits per heavy atom. The molecule has 0 radical (unpaired) electrons. The van der Waals surface area contributed by atoms with Crippen molar-refractivity contribution in [2.45, 2.75) is 19.8 Å². The van der Waals surface area contributed by atoms with Crippen LogP contribution in [0.2, 0.25) is 0 Å². The second kappa shape index (κ2) is 8.77. The minimum absolute atomic E-state index is 0.101. The molecule has 0 unspecified atom stereocenters. The van der Waals surface area contributed by atoms with Crippen LogP contribution in [0.25, 0.3) is 11.3 Å². The van der Waals surface area contributed by atoms with E-state index in [1.54, 1.807) is 19.2 Å². The van der Waals surface area contributed by atoms with Gasteiger partial charge in [-0.3, -0.25) is 0 Å². The molecule has 1 aromatic heterocycles. The fourth-order valence-corrected chi connectivity index (χ4v) is 3.77.